The van der Waals surface area contributed by atoms with Gasteiger partial charge in [0.05, 0.1) is 23.0 Å². The van der Waals surface area contributed by atoms with Crippen LogP contribution in [0.5, 0.6) is 5.88 Å². The third kappa shape index (κ3) is 2.63. The van der Waals surface area contributed by atoms with Crippen LogP contribution in [0.1, 0.15) is 0 Å². The zero-order chi connectivity index (χ0) is 13.1. The summed E-state index contributed by atoms with van der Waals surface area (Å²) < 4.78 is 9.71. The largest absolute Gasteiger partial charge is 0.466 e. The lowest BCUT2D eigenvalue weighted by molar-refractivity contribution is -0.142. The van der Waals surface area contributed by atoms with E-state index >= 15 is 0 Å². The number of halogens is 2. The van der Waals surface area contributed by atoms with Crippen LogP contribution in [0.15, 0.2) is 18.5 Å². The van der Waals surface area contributed by atoms with Gasteiger partial charge in [-0.2, -0.15) is 0 Å². The molecule has 1 aromatic carbocycles. The van der Waals surface area contributed by atoms with Gasteiger partial charge in [-0.1, -0.05) is 23.2 Å². The van der Waals surface area contributed by atoms with E-state index in [1.807, 2.05) is 0 Å². The highest BCUT2D eigenvalue weighted by Crippen LogP contribution is 2.30. The summed E-state index contributed by atoms with van der Waals surface area (Å²) >= 11 is 11.9. The summed E-state index contributed by atoms with van der Waals surface area (Å²) in [6.45, 7) is -0.243. The Morgan fingerprint density at radius 3 is 2.83 bits per heavy atom. The van der Waals surface area contributed by atoms with E-state index in [1.165, 1.54) is 13.4 Å². The smallest absolute Gasteiger partial charge is 0.343 e. The molecular weight excluding hydrogens is 279 g/mol. The Labute approximate surface area is 113 Å². The SMILES string of the molecule is COC(=O)COc1ncnc2c(Cl)cc(Cl)cc12. The normalized spacial score (nSPS) is 10.4. The fraction of sp³-hybridized carbons (Fsp3) is 0.182. The summed E-state index contributed by atoms with van der Waals surface area (Å²) in [5.74, 6) is -0.273. The number of esters is 1. The van der Waals surface area contributed by atoms with Crippen molar-refractivity contribution in [1.82, 2.24) is 9.97 Å². The monoisotopic (exact) mass is 286 g/mol. The molecule has 0 radical (unpaired) electrons. The summed E-state index contributed by atoms with van der Waals surface area (Å²) in [5.41, 5.74) is 0.510. The third-order valence-electron chi connectivity index (χ3n) is 2.17. The number of methoxy groups -OCH3 is 1. The van der Waals surface area contributed by atoms with Crippen molar-refractivity contribution in [2.75, 3.05) is 13.7 Å². The first kappa shape index (κ1) is 12.9. The fourth-order valence-corrected chi connectivity index (χ4v) is 1.91. The highest BCUT2D eigenvalue weighted by atomic mass is 35.5. The Morgan fingerprint density at radius 1 is 1.33 bits per heavy atom. The first-order valence-corrected chi connectivity index (χ1v) is 5.67. The summed E-state index contributed by atoms with van der Waals surface area (Å²) in [5, 5.41) is 1.37. The molecule has 0 saturated heterocycles. The van der Waals surface area contributed by atoms with Gasteiger partial charge in [0.2, 0.25) is 5.88 Å². The Morgan fingerprint density at radius 2 is 2.11 bits per heavy atom. The minimum Gasteiger partial charge on any atom is -0.466 e. The van der Waals surface area contributed by atoms with Gasteiger partial charge in [-0.3, -0.25) is 0 Å². The maximum absolute atomic E-state index is 11.0. The topological polar surface area (TPSA) is 61.3 Å². The zero-order valence-electron chi connectivity index (χ0n) is 9.31. The Bertz CT molecular complexity index is 604. The molecule has 0 spiro atoms. The van der Waals surface area contributed by atoms with E-state index < -0.39 is 5.97 Å². The highest BCUT2D eigenvalue weighted by Gasteiger charge is 2.11. The lowest BCUT2D eigenvalue weighted by atomic mass is 10.2. The summed E-state index contributed by atoms with van der Waals surface area (Å²) in [6, 6.07) is 3.19. The van der Waals surface area contributed by atoms with Gasteiger partial charge in [0.15, 0.2) is 6.61 Å². The molecule has 5 nitrogen and oxygen atoms in total. The van der Waals surface area contributed by atoms with Crippen LogP contribution >= 0.6 is 23.2 Å². The van der Waals surface area contributed by atoms with Crippen molar-refractivity contribution in [2.45, 2.75) is 0 Å². The molecule has 7 heteroatoms. The molecule has 0 aliphatic heterocycles. The first-order valence-electron chi connectivity index (χ1n) is 4.91. The van der Waals surface area contributed by atoms with Crippen molar-refractivity contribution in [3.05, 3.63) is 28.5 Å². The second-order valence-corrected chi connectivity index (χ2v) is 4.17. The first-order chi connectivity index (χ1) is 8.61. The van der Waals surface area contributed by atoms with E-state index in [2.05, 4.69) is 14.7 Å². The fourth-order valence-electron chi connectivity index (χ4n) is 1.37. The lowest BCUT2D eigenvalue weighted by Crippen LogP contribution is -2.13. The van der Waals surface area contributed by atoms with Gasteiger partial charge in [0.1, 0.15) is 6.33 Å². The number of hydrogen-bond acceptors (Lipinski definition) is 5. The molecule has 0 aliphatic rings. The van der Waals surface area contributed by atoms with Crippen LogP contribution in [-0.4, -0.2) is 29.7 Å². The second kappa shape index (κ2) is 5.37. The Hall–Kier alpha value is -1.59. The molecule has 1 heterocycles. The standard InChI is InChI=1S/C11H8Cl2N2O3/c1-17-9(16)4-18-11-7-2-6(12)3-8(13)10(7)14-5-15-11/h2-3,5H,4H2,1H3. The van der Waals surface area contributed by atoms with E-state index in [0.29, 0.717) is 20.9 Å². The Balaban J connectivity index is 2.41. The van der Waals surface area contributed by atoms with E-state index in [0.717, 1.165) is 0 Å². The minimum absolute atomic E-state index is 0.231. The van der Waals surface area contributed by atoms with Crippen molar-refractivity contribution >= 4 is 40.1 Å². The van der Waals surface area contributed by atoms with Crippen LogP contribution < -0.4 is 4.74 Å². The van der Waals surface area contributed by atoms with Gasteiger partial charge in [-0.05, 0) is 12.1 Å². The number of hydrogen-bond donors (Lipinski definition) is 0. The maximum Gasteiger partial charge on any atom is 0.343 e. The molecule has 0 unspecified atom stereocenters. The van der Waals surface area contributed by atoms with Crippen molar-refractivity contribution in [3.63, 3.8) is 0 Å². The average Bonchev–Trinajstić information content (AvgIpc) is 2.36. The molecule has 0 aliphatic carbocycles. The van der Waals surface area contributed by atoms with Crippen LogP contribution in [0.2, 0.25) is 10.0 Å². The molecule has 0 fully saturated rings. The maximum atomic E-state index is 11.0. The predicted molar refractivity (Wildman–Crippen MR) is 67.1 cm³/mol. The number of benzene rings is 1. The van der Waals surface area contributed by atoms with Crippen LogP contribution in [0.3, 0.4) is 0 Å². The van der Waals surface area contributed by atoms with E-state index in [9.17, 15) is 4.79 Å². The van der Waals surface area contributed by atoms with Gasteiger partial charge in [0, 0.05) is 5.02 Å². The van der Waals surface area contributed by atoms with Crippen molar-refractivity contribution in [2.24, 2.45) is 0 Å². The molecule has 2 aromatic rings. The van der Waals surface area contributed by atoms with E-state index in [-0.39, 0.29) is 12.5 Å². The average molecular weight is 287 g/mol. The van der Waals surface area contributed by atoms with Crippen LogP contribution in [0.25, 0.3) is 10.9 Å². The molecule has 1 aromatic heterocycles. The van der Waals surface area contributed by atoms with Crippen molar-refractivity contribution in [1.29, 1.82) is 0 Å². The van der Waals surface area contributed by atoms with Crippen LogP contribution in [0.4, 0.5) is 0 Å². The molecule has 2 rings (SSSR count). The van der Waals surface area contributed by atoms with Gasteiger partial charge >= 0.3 is 5.97 Å². The lowest BCUT2D eigenvalue weighted by Gasteiger charge is -2.07. The number of carbonyl (C=O) groups is 1. The molecular formula is C11H8Cl2N2O3. The molecule has 0 atom stereocenters. The van der Waals surface area contributed by atoms with Gasteiger partial charge in [-0.25, -0.2) is 14.8 Å². The summed E-state index contributed by atoms with van der Waals surface area (Å²) in [6.07, 6.45) is 1.30. The third-order valence-corrected chi connectivity index (χ3v) is 2.68. The number of ether oxygens (including phenoxy) is 2. The Kier molecular flexibility index (Phi) is 3.84. The minimum atomic E-state index is -0.505. The number of carbonyl (C=O) groups excluding carboxylic acids is 1. The van der Waals surface area contributed by atoms with Crippen molar-refractivity contribution < 1.29 is 14.3 Å². The second-order valence-electron chi connectivity index (χ2n) is 3.33. The molecule has 0 amide bonds. The molecule has 0 bridgehead atoms. The number of nitrogens with zero attached hydrogens (tertiary/aromatic N) is 2. The number of aromatic nitrogens is 2. The number of fused-ring (bicyclic) bond motifs is 1. The quantitative estimate of drug-likeness (QED) is 0.812. The molecule has 0 saturated carbocycles. The van der Waals surface area contributed by atoms with E-state index in [1.54, 1.807) is 12.1 Å². The number of rotatable bonds is 3. The van der Waals surface area contributed by atoms with Crippen LogP contribution in [-0.2, 0) is 9.53 Å². The van der Waals surface area contributed by atoms with Crippen molar-refractivity contribution in [3.8, 4) is 5.88 Å². The zero-order valence-corrected chi connectivity index (χ0v) is 10.8. The molecule has 94 valence electrons. The van der Waals surface area contributed by atoms with E-state index in [4.69, 9.17) is 27.9 Å². The van der Waals surface area contributed by atoms with Gasteiger partial charge < -0.3 is 9.47 Å². The van der Waals surface area contributed by atoms with Crippen LogP contribution in [0, 0.1) is 0 Å². The summed E-state index contributed by atoms with van der Waals surface area (Å²) in [4.78, 5) is 19.0. The molecule has 0 N–H and O–H groups in total. The summed E-state index contributed by atoms with van der Waals surface area (Å²) in [7, 11) is 1.28. The predicted octanol–water partition coefficient (Wildman–Crippen LogP) is 2.49. The van der Waals surface area contributed by atoms with Gasteiger partial charge in [0.25, 0.3) is 0 Å². The van der Waals surface area contributed by atoms with Gasteiger partial charge in [-0.15, -0.1) is 0 Å². The molecule has 18 heavy (non-hydrogen) atoms. The highest BCUT2D eigenvalue weighted by molar-refractivity contribution is 6.38.